The number of hydrogen-bond donors (Lipinski definition) is 0. The number of aryl methyl sites for hydroxylation is 2. The molecule has 190 valence electrons. The molecular formula is C29H33O6P. The summed E-state index contributed by atoms with van der Waals surface area (Å²) in [5.41, 5.74) is 0.831. The van der Waals surface area contributed by atoms with Gasteiger partial charge < -0.3 is 18.8 Å². The zero-order valence-electron chi connectivity index (χ0n) is 22.1. The van der Waals surface area contributed by atoms with Gasteiger partial charge in [0.05, 0.1) is 21.3 Å². The molecule has 7 heteroatoms. The largest absolute Gasteiger partial charge is 0.496 e. The predicted octanol–water partition coefficient (Wildman–Crippen LogP) is 6.30. The van der Waals surface area contributed by atoms with Gasteiger partial charge in [-0.3, -0.25) is 9.59 Å². The summed E-state index contributed by atoms with van der Waals surface area (Å²) < 4.78 is 31.2. The molecule has 6 nitrogen and oxygen atoms in total. The van der Waals surface area contributed by atoms with Crippen molar-refractivity contribution < 1.29 is 28.4 Å². The molecule has 0 aliphatic rings. The molecule has 3 aromatic carbocycles. The van der Waals surface area contributed by atoms with Crippen LogP contribution in [0.15, 0.2) is 54.6 Å². The Balaban J connectivity index is 2.35. The van der Waals surface area contributed by atoms with E-state index in [0.717, 1.165) is 5.56 Å². The van der Waals surface area contributed by atoms with Crippen molar-refractivity contribution in [1.29, 1.82) is 0 Å². The Morgan fingerprint density at radius 1 is 0.722 bits per heavy atom. The fourth-order valence-corrected chi connectivity index (χ4v) is 6.73. The predicted molar refractivity (Wildman–Crippen MR) is 143 cm³/mol. The summed E-state index contributed by atoms with van der Waals surface area (Å²) in [6, 6.07) is 15.1. The first kappa shape index (κ1) is 27.2. The van der Waals surface area contributed by atoms with E-state index < -0.39 is 18.2 Å². The third-order valence-electron chi connectivity index (χ3n) is 6.25. The van der Waals surface area contributed by atoms with E-state index in [-0.39, 0.29) is 39.1 Å². The summed E-state index contributed by atoms with van der Waals surface area (Å²) >= 11 is 0. The molecule has 0 saturated carbocycles. The van der Waals surface area contributed by atoms with E-state index in [2.05, 4.69) is 20.8 Å². The van der Waals surface area contributed by atoms with E-state index in [9.17, 15) is 14.2 Å². The smallest absolute Gasteiger partial charge is 0.249 e. The van der Waals surface area contributed by atoms with Crippen LogP contribution in [0.3, 0.4) is 0 Å². The lowest BCUT2D eigenvalue weighted by molar-refractivity contribution is 0.103. The zero-order valence-corrected chi connectivity index (χ0v) is 23.0. The van der Waals surface area contributed by atoms with Gasteiger partial charge in [0.2, 0.25) is 18.2 Å². The molecule has 0 saturated heterocycles. The Bertz CT molecular complexity index is 1330. The molecule has 0 aliphatic heterocycles. The molecule has 36 heavy (non-hydrogen) atoms. The van der Waals surface area contributed by atoms with Crippen LogP contribution in [0.5, 0.6) is 17.2 Å². The quantitative estimate of drug-likeness (QED) is 0.333. The Kier molecular flexibility index (Phi) is 7.80. The average molecular weight is 509 g/mol. The van der Waals surface area contributed by atoms with Crippen molar-refractivity contribution >= 4 is 23.5 Å². The van der Waals surface area contributed by atoms with Crippen LogP contribution in [-0.4, -0.2) is 32.4 Å². The number of benzene rings is 3. The maximum atomic E-state index is 14.9. The van der Waals surface area contributed by atoms with Gasteiger partial charge in [-0.25, -0.2) is 0 Å². The van der Waals surface area contributed by atoms with Crippen LogP contribution in [-0.2, 0) is 9.98 Å². The number of hydrogen-bond acceptors (Lipinski definition) is 6. The van der Waals surface area contributed by atoms with E-state index in [1.54, 1.807) is 36.4 Å². The lowest BCUT2D eigenvalue weighted by Gasteiger charge is -2.24. The van der Waals surface area contributed by atoms with Gasteiger partial charge in [0, 0.05) is 10.9 Å². The third-order valence-corrected chi connectivity index (χ3v) is 8.86. The lowest BCUT2D eigenvalue weighted by Crippen LogP contribution is -2.23. The van der Waals surface area contributed by atoms with Gasteiger partial charge in [-0.2, -0.15) is 0 Å². The fraction of sp³-hybridized carbons (Fsp3) is 0.310. The van der Waals surface area contributed by atoms with Crippen molar-refractivity contribution in [2.75, 3.05) is 21.3 Å². The third kappa shape index (κ3) is 4.70. The van der Waals surface area contributed by atoms with Gasteiger partial charge in [-0.05, 0) is 48.1 Å². The van der Waals surface area contributed by atoms with E-state index >= 15 is 0 Å². The molecule has 0 amide bonds. The minimum atomic E-state index is -4.41. The summed E-state index contributed by atoms with van der Waals surface area (Å²) in [6.07, 6.45) is 0. The minimum Gasteiger partial charge on any atom is -0.496 e. The molecule has 1 atom stereocenters. The number of carbonyl (C=O) groups is 2. The van der Waals surface area contributed by atoms with Crippen molar-refractivity contribution in [3.63, 3.8) is 0 Å². The van der Waals surface area contributed by atoms with Gasteiger partial charge in [-0.15, -0.1) is 0 Å². The van der Waals surface area contributed by atoms with Crippen molar-refractivity contribution in [3.05, 3.63) is 82.4 Å². The topological polar surface area (TPSA) is 78.9 Å². The monoisotopic (exact) mass is 508 g/mol. The SMILES string of the molecule is COc1ccc(OC)c(C(=O)P(=O)(C(=O)c2c(C)cc(C(C)(C)C)cc2C)c2ccccc2)c1OC. The molecule has 0 heterocycles. The maximum Gasteiger partial charge on any atom is 0.249 e. The van der Waals surface area contributed by atoms with Crippen LogP contribution in [0.4, 0.5) is 0 Å². The highest BCUT2D eigenvalue weighted by Gasteiger charge is 2.46. The number of rotatable bonds is 8. The molecule has 0 aliphatic carbocycles. The first-order valence-corrected chi connectivity index (χ1v) is 13.3. The minimum absolute atomic E-state index is 0.0577. The number of ether oxygens (including phenoxy) is 3. The van der Waals surface area contributed by atoms with Crippen LogP contribution in [0.1, 0.15) is 58.2 Å². The summed E-state index contributed by atoms with van der Waals surface area (Å²) in [6.45, 7) is 9.87. The van der Waals surface area contributed by atoms with Gasteiger partial charge in [-0.1, -0.05) is 63.2 Å². The van der Waals surface area contributed by atoms with Crippen LogP contribution >= 0.6 is 7.14 Å². The van der Waals surface area contributed by atoms with Crippen LogP contribution in [0, 0.1) is 13.8 Å². The molecule has 0 spiro atoms. The summed E-state index contributed by atoms with van der Waals surface area (Å²) in [5.74, 6) is 0.455. The average Bonchev–Trinajstić information content (AvgIpc) is 2.86. The molecular weight excluding hydrogens is 475 g/mol. The second kappa shape index (κ2) is 10.3. The molecule has 0 aromatic heterocycles. The highest BCUT2D eigenvalue weighted by molar-refractivity contribution is 8.01. The number of methoxy groups -OCH3 is 3. The van der Waals surface area contributed by atoms with E-state index in [4.69, 9.17) is 14.2 Å². The second-order valence-corrected chi connectivity index (χ2v) is 12.2. The summed E-state index contributed by atoms with van der Waals surface area (Å²) in [5, 5.41) is 0.144. The summed E-state index contributed by atoms with van der Waals surface area (Å²) in [7, 11) is -0.203. The van der Waals surface area contributed by atoms with Crippen molar-refractivity contribution in [1.82, 2.24) is 0 Å². The Morgan fingerprint density at radius 3 is 1.69 bits per heavy atom. The van der Waals surface area contributed by atoms with Gasteiger partial charge in [0.1, 0.15) is 11.3 Å². The van der Waals surface area contributed by atoms with Gasteiger partial charge >= 0.3 is 0 Å². The fourth-order valence-electron chi connectivity index (χ4n) is 4.29. The van der Waals surface area contributed by atoms with Crippen molar-refractivity contribution in [3.8, 4) is 17.2 Å². The standard InChI is InChI=1S/C29H33O6P/c1-18-16-20(29(3,4)5)17-19(2)24(18)27(30)36(32,21-12-10-9-11-13-21)28(31)25-22(33-6)14-15-23(34-7)26(25)35-8/h9-17H,1-8H3. The number of carbonyl (C=O) groups excluding carboxylic acids is 2. The second-order valence-electron chi connectivity index (χ2n) is 9.67. The van der Waals surface area contributed by atoms with Crippen molar-refractivity contribution in [2.24, 2.45) is 0 Å². The van der Waals surface area contributed by atoms with E-state index in [1.165, 1.54) is 27.4 Å². The molecule has 1 unspecified atom stereocenters. The molecule has 0 N–H and O–H groups in total. The van der Waals surface area contributed by atoms with E-state index in [0.29, 0.717) is 11.1 Å². The molecule has 0 radical (unpaired) electrons. The molecule has 0 bridgehead atoms. The van der Waals surface area contributed by atoms with Crippen LogP contribution in [0.25, 0.3) is 0 Å². The molecule has 0 fully saturated rings. The highest BCUT2D eigenvalue weighted by Crippen LogP contribution is 2.55. The first-order chi connectivity index (χ1) is 16.9. The maximum absolute atomic E-state index is 14.9. The Labute approximate surface area is 213 Å². The molecule has 3 rings (SSSR count). The zero-order chi connectivity index (χ0) is 26.8. The Hall–Kier alpha value is -3.37. The normalized spacial score (nSPS) is 13.0. The van der Waals surface area contributed by atoms with Crippen LogP contribution in [0.2, 0.25) is 0 Å². The summed E-state index contributed by atoms with van der Waals surface area (Å²) in [4.78, 5) is 28.5. The van der Waals surface area contributed by atoms with Crippen molar-refractivity contribution in [2.45, 2.75) is 40.0 Å². The lowest BCUT2D eigenvalue weighted by atomic mass is 9.84. The van der Waals surface area contributed by atoms with Gasteiger partial charge in [0.15, 0.2) is 11.5 Å². The molecule has 3 aromatic rings. The highest BCUT2D eigenvalue weighted by atomic mass is 31.2. The first-order valence-electron chi connectivity index (χ1n) is 11.6. The van der Waals surface area contributed by atoms with Crippen LogP contribution < -0.4 is 19.5 Å². The van der Waals surface area contributed by atoms with E-state index in [1.807, 2.05) is 26.0 Å². The van der Waals surface area contributed by atoms with Gasteiger partial charge in [0.25, 0.3) is 0 Å². The Morgan fingerprint density at radius 2 is 1.22 bits per heavy atom.